The van der Waals surface area contributed by atoms with E-state index in [4.69, 9.17) is 4.52 Å². The summed E-state index contributed by atoms with van der Waals surface area (Å²) < 4.78 is 5.08. The number of rotatable bonds is 2. The van der Waals surface area contributed by atoms with Crippen LogP contribution in [-0.4, -0.2) is 40.7 Å². The van der Waals surface area contributed by atoms with E-state index in [2.05, 4.69) is 20.4 Å². The van der Waals surface area contributed by atoms with Gasteiger partial charge in [0.1, 0.15) is 0 Å². The molecule has 0 spiro atoms. The van der Waals surface area contributed by atoms with Gasteiger partial charge in [0, 0.05) is 12.6 Å². The van der Waals surface area contributed by atoms with Gasteiger partial charge in [-0.15, -0.1) is 0 Å². The normalized spacial score (nSPS) is 34.3. The lowest BCUT2D eigenvalue weighted by atomic mass is 9.84. The summed E-state index contributed by atoms with van der Waals surface area (Å²) in [5.74, 6) is 1.47. The topological polar surface area (TPSA) is 54.2 Å². The Balaban J connectivity index is 1.68. The number of fused-ring (bicyclic) bond motifs is 3. The molecular weight excluding hydrogens is 192 g/mol. The average molecular weight is 208 g/mol. The molecule has 0 radical (unpaired) electrons. The van der Waals surface area contributed by atoms with Crippen LogP contribution in [0.2, 0.25) is 0 Å². The van der Waals surface area contributed by atoms with Crippen LogP contribution in [0, 0.1) is 12.8 Å². The summed E-state index contributed by atoms with van der Waals surface area (Å²) >= 11 is 0. The summed E-state index contributed by atoms with van der Waals surface area (Å²) in [6, 6.07) is 1.07. The molecule has 0 aliphatic carbocycles. The minimum absolute atomic E-state index is 0.493. The summed E-state index contributed by atoms with van der Waals surface area (Å²) in [7, 11) is 0. The molecule has 0 aromatic carbocycles. The quantitative estimate of drug-likeness (QED) is 0.782. The highest BCUT2D eigenvalue weighted by atomic mass is 16.5. The zero-order valence-electron chi connectivity index (χ0n) is 8.94. The van der Waals surface area contributed by atoms with Crippen molar-refractivity contribution < 1.29 is 4.52 Å². The van der Waals surface area contributed by atoms with E-state index in [9.17, 15) is 0 Å². The van der Waals surface area contributed by atoms with Crippen molar-refractivity contribution in [2.24, 2.45) is 5.92 Å². The van der Waals surface area contributed by atoms with Crippen molar-refractivity contribution in [3.8, 4) is 0 Å². The molecule has 3 saturated heterocycles. The van der Waals surface area contributed by atoms with Crippen LogP contribution in [0.1, 0.15) is 18.7 Å². The van der Waals surface area contributed by atoms with Gasteiger partial charge >= 0.3 is 6.01 Å². The minimum atomic E-state index is 0.493. The molecule has 1 aromatic rings. The maximum absolute atomic E-state index is 5.08. The molecule has 4 rings (SSSR count). The Morgan fingerprint density at radius 1 is 1.40 bits per heavy atom. The Bertz CT molecular complexity index is 343. The molecule has 2 bridgehead atoms. The van der Waals surface area contributed by atoms with Gasteiger partial charge in [0.15, 0.2) is 5.82 Å². The lowest BCUT2D eigenvalue weighted by molar-refractivity contribution is 0.0962. The molecule has 3 aliphatic rings. The Hall–Kier alpha value is -1.10. The highest BCUT2D eigenvalue weighted by Crippen LogP contribution is 2.29. The van der Waals surface area contributed by atoms with E-state index in [0.717, 1.165) is 12.5 Å². The lowest BCUT2D eigenvalue weighted by Gasteiger charge is -2.44. The van der Waals surface area contributed by atoms with Crippen molar-refractivity contribution in [1.82, 2.24) is 15.0 Å². The van der Waals surface area contributed by atoms with Crippen LogP contribution >= 0.6 is 0 Å². The fourth-order valence-corrected chi connectivity index (χ4v) is 2.64. The molecule has 5 heteroatoms. The third-order valence-corrected chi connectivity index (χ3v) is 3.49. The smallest absolute Gasteiger partial charge is 0.321 e. The monoisotopic (exact) mass is 208 g/mol. The van der Waals surface area contributed by atoms with Crippen LogP contribution < -0.4 is 5.32 Å². The maximum atomic E-state index is 5.08. The second kappa shape index (κ2) is 3.48. The number of nitrogens with zero attached hydrogens (tertiary/aromatic N) is 3. The number of hydrogen-bond donors (Lipinski definition) is 1. The molecule has 1 unspecified atom stereocenters. The fourth-order valence-electron chi connectivity index (χ4n) is 2.64. The average Bonchev–Trinajstić information content (AvgIpc) is 2.66. The van der Waals surface area contributed by atoms with Crippen molar-refractivity contribution in [3.63, 3.8) is 0 Å². The van der Waals surface area contributed by atoms with Gasteiger partial charge < -0.3 is 14.7 Å². The Morgan fingerprint density at radius 2 is 2.20 bits per heavy atom. The highest BCUT2D eigenvalue weighted by molar-refractivity contribution is 5.22. The summed E-state index contributed by atoms with van der Waals surface area (Å²) in [6.07, 6.45) is 2.59. The first-order valence-electron chi connectivity index (χ1n) is 5.60. The molecule has 0 saturated carbocycles. The maximum Gasteiger partial charge on any atom is 0.321 e. The first-order valence-corrected chi connectivity index (χ1v) is 5.60. The van der Waals surface area contributed by atoms with Gasteiger partial charge in [-0.05, 0) is 38.8 Å². The molecule has 0 amide bonds. The number of anilines is 1. The van der Waals surface area contributed by atoms with Crippen molar-refractivity contribution in [1.29, 1.82) is 0 Å². The van der Waals surface area contributed by atoms with Gasteiger partial charge in [-0.3, -0.25) is 0 Å². The van der Waals surface area contributed by atoms with Crippen LogP contribution in [0.3, 0.4) is 0 Å². The predicted molar refractivity (Wildman–Crippen MR) is 55.6 cm³/mol. The van der Waals surface area contributed by atoms with Gasteiger partial charge in [-0.2, -0.15) is 4.98 Å². The molecule has 4 heterocycles. The number of nitrogens with one attached hydrogen (secondary N) is 1. The van der Waals surface area contributed by atoms with E-state index in [1.54, 1.807) is 0 Å². The molecule has 5 nitrogen and oxygen atoms in total. The Labute approximate surface area is 88.8 Å². The van der Waals surface area contributed by atoms with Gasteiger partial charge in [0.25, 0.3) is 0 Å². The van der Waals surface area contributed by atoms with Crippen molar-refractivity contribution in [3.05, 3.63) is 5.82 Å². The number of piperidine rings is 3. The molecule has 15 heavy (non-hydrogen) atoms. The van der Waals surface area contributed by atoms with Crippen molar-refractivity contribution in [2.45, 2.75) is 25.8 Å². The molecule has 3 fully saturated rings. The summed E-state index contributed by atoms with van der Waals surface area (Å²) in [5.41, 5.74) is 0. The number of aryl methyl sites for hydroxylation is 1. The molecule has 82 valence electrons. The molecular formula is C10H16N4O. The first kappa shape index (κ1) is 9.15. The molecule has 3 aliphatic heterocycles. The van der Waals surface area contributed by atoms with Gasteiger partial charge in [-0.1, -0.05) is 5.16 Å². The lowest BCUT2D eigenvalue weighted by Crippen LogP contribution is -2.53. The Kier molecular flexibility index (Phi) is 2.12. The van der Waals surface area contributed by atoms with Crippen LogP contribution in [0.25, 0.3) is 0 Å². The second-order valence-electron chi connectivity index (χ2n) is 4.54. The van der Waals surface area contributed by atoms with Crippen molar-refractivity contribution >= 4 is 6.01 Å². The van der Waals surface area contributed by atoms with Crippen LogP contribution in [0.5, 0.6) is 0 Å². The van der Waals surface area contributed by atoms with Crippen molar-refractivity contribution in [2.75, 3.05) is 25.0 Å². The van der Waals surface area contributed by atoms with E-state index >= 15 is 0 Å². The molecule has 1 aromatic heterocycles. The zero-order valence-corrected chi connectivity index (χ0v) is 8.94. The summed E-state index contributed by atoms with van der Waals surface area (Å²) in [4.78, 5) is 6.68. The van der Waals surface area contributed by atoms with E-state index in [1.165, 1.54) is 25.9 Å². The van der Waals surface area contributed by atoms with E-state index in [0.29, 0.717) is 17.9 Å². The number of aromatic nitrogens is 2. The van der Waals surface area contributed by atoms with E-state index in [1.807, 2.05) is 6.92 Å². The van der Waals surface area contributed by atoms with Crippen LogP contribution in [0.15, 0.2) is 4.52 Å². The second-order valence-corrected chi connectivity index (χ2v) is 4.54. The number of hydrogen-bond acceptors (Lipinski definition) is 5. The third-order valence-electron chi connectivity index (χ3n) is 3.49. The third kappa shape index (κ3) is 1.71. The van der Waals surface area contributed by atoms with Gasteiger partial charge in [0.05, 0.1) is 0 Å². The van der Waals surface area contributed by atoms with Crippen LogP contribution in [-0.2, 0) is 0 Å². The fraction of sp³-hybridized carbons (Fsp3) is 0.800. The summed E-state index contributed by atoms with van der Waals surface area (Å²) in [6.45, 7) is 5.47. The molecule has 1 N–H and O–H groups in total. The standard InChI is InChI=1S/C10H16N4O/c1-7-11-10(15-13-7)12-9-6-14-4-2-8(9)3-5-14/h8-9H,2-6H2,1H3,(H,11,12,13). The highest BCUT2D eigenvalue weighted by Gasteiger charge is 2.34. The Morgan fingerprint density at radius 3 is 2.73 bits per heavy atom. The summed E-state index contributed by atoms with van der Waals surface area (Å²) in [5, 5.41) is 7.13. The van der Waals surface area contributed by atoms with E-state index < -0.39 is 0 Å². The predicted octanol–water partition coefficient (Wildman–Crippen LogP) is 0.884. The largest absolute Gasteiger partial charge is 0.333 e. The van der Waals surface area contributed by atoms with Crippen LogP contribution in [0.4, 0.5) is 6.01 Å². The van der Waals surface area contributed by atoms with Gasteiger partial charge in [-0.25, -0.2) is 0 Å². The molecule has 1 atom stereocenters. The zero-order chi connectivity index (χ0) is 10.3. The minimum Gasteiger partial charge on any atom is -0.333 e. The van der Waals surface area contributed by atoms with Gasteiger partial charge in [0.2, 0.25) is 0 Å². The van der Waals surface area contributed by atoms with E-state index in [-0.39, 0.29) is 0 Å². The first-order chi connectivity index (χ1) is 7.31. The SMILES string of the molecule is Cc1noc(NC2CN3CCC2CC3)n1.